The number of aromatic nitrogens is 4. The number of nitrogens with one attached hydrogen (secondary N) is 1. The van der Waals surface area contributed by atoms with E-state index in [1.165, 1.54) is 18.5 Å². The van der Waals surface area contributed by atoms with Gasteiger partial charge in [0.05, 0.1) is 17.8 Å². The van der Waals surface area contributed by atoms with E-state index < -0.39 is 5.82 Å². The highest BCUT2D eigenvalue weighted by atomic mass is 19.1. The fourth-order valence-corrected chi connectivity index (χ4v) is 3.03. The minimum absolute atomic E-state index is 0.209. The van der Waals surface area contributed by atoms with Crippen molar-refractivity contribution < 1.29 is 4.39 Å². The van der Waals surface area contributed by atoms with Crippen LogP contribution in [0.4, 0.5) is 10.2 Å². The van der Waals surface area contributed by atoms with Crippen LogP contribution in [-0.4, -0.2) is 19.9 Å². The summed E-state index contributed by atoms with van der Waals surface area (Å²) in [6.07, 6.45) is 4.85. The van der Waals surface area contributed by atoms with Gasteiger partial charge in [-0.25, -0.2) is 14.4 Å². The fourth-order valence-electron chi connectivity index (χ4n) is 3.03. The molecule has 1 N–H and O–H groups in total. The molecule has 0 unspecified atom stereocenters. The largest absolute Gasteiger partial charge is 0.346 e. The van der Waals surface area contributed by atoms with Crippen LogP contribution >= 0.6 is 0 Å². The summed E-state index contributed by atoms with van der Waals surface area (Å²) >= 11 is 0. The van der Waals surface area contributed by atoms with Crippen molar-refractivity contribution in [3.8, 4) is 0 Å². The molecule has 0 atom stereocenters. The highest BCUT2D eigenvalue weighted by molar-refractivity contribution is 5.82. The van der Waals surface area contributed by atoms with Gasteiger partial charge in [0.25, 0.3) is 0 Å². The lowest BCUT2D eigenvalue weighted by molar-refractivity contribution is 0.636. The lowest BCUT2D eigenvalue weighted by atomic mass is 10.1. The van der Waals surface area contributed by atoms with Crippen LogP contribution in [0.3, 0.4) is 0 Å². The minimum atomic E-state index is -0.454. The molecule has 4 rings (SSSR count). The smallest absolute Gasteiger partial charge is 0.248 e. The number of H-pyrrole nitrogens is 1. The molecule has 6 nitrogen and oxygen atoms in total. The second-order valence-electron chi connectivity index (χ2n) is 6.07. The van der Waals surface area contributed by atoms with Gasteiger partial charge in [-0.1, -0.05) is 18.2 Å². The molecule has 0 aliphatic heterocycles. The third-order valence-electron chi connectivity index (χ3n) is 4.24. The van der Waals surface area contributed by atoms with Gasteiger partial charge in [0.15, 0.2) is 0 Å². The average Bonchev–Trinajstić information content (AvgIpc) is 2.70. The third kappa shape index (κ3) is 3.67. The molecule has 27 heavy (non-hydrogen) atoms. The van der Waals surface area contributed by atoms with Crippen molar-refractivity contribution in [1.82, 2.24) is 19.9 Å². The molecule has 0 saturated carbocycles. The molecule has 0 saturated heterocycles. The van der Waals surface area contributed by atoms with Gasteiger partial charge in [0.1, 0.15) is 18.0 Å². The Labute approximate surface area is 154 Å². The lowest BCUT2D eigenvalue weighted by Crippen LogP contribution is -2.25. The predicted molar refractivity (Wildman–Crippen MR) is 101 cm³/mol. The number of para-hydroxylation sites is 1. The van der Waals surface area contributed by atoms with Crippen molar-refractivity contribution in [3.63, 3.8) is 0 Å². The molecule has 134 valence electrons. The first kappa shape index (κ1) is 16.8. The summed E-state index contributed by atoms with van der Waals surface area (Å²) in [5.41, 5.74) is 1.43. The highest BCUT2D eigenvalue weighted by Gasteiger charge is 2.14. The first-order chi connectivity index (χ1) is 13.2. The summed E-state index contributed by atoms with van der Waals surface area (Å²) in [5.74, 6) is 0.241. The van der Waals surface area contributed by atoms with Crippen LogP contribution in [-0.2, 0) is 13.1 Å². The molecule has 1 aromatic carbocycles. The SMILES string of the molecule is O=c1cc(CN(Cc2ccccn2)c2ccncn2)c2cccc(F)c2[nH]1. The van der Waals surface area contributed by atoms with Gasteiger partial charge in [-0.3, -0.25) is 9.78 Å². The van der Waals surface area contributed by atoms with E-state index in [4.69, 9.17) is 0 Å². The van der Waals surface area contributed by atoms with Gasteiger partial charge >= 0.3 is 0 Å². The van der Waals surface area contributed by atoms with E-state index >= 15 is 0 Å². The second-order valence-corrected chi connectivity index (χ2v) is 6.07. The number of anilines is 1. The van der Waals surface area contributed by atoms with Crippen molar-refractivity contribution in [2.24, 2.45) is 0 Å². The Morgan fingerprint density at radius 1 is 1.00 bits per heavy atom. The average molecular weight is 361 g/mol. The van der Waals surface area contributed by atoms with Crippen LogP contribution in [0.25, 0.3) is 10.9 Å². The molecule has 7 heteroatoms. The maximum atomic E-state index is 14.1. The Morgan fingerprint density at radius 3 is 2.70 bits per heavy atom. The number of nitrogens with zero attached hydrogens (tertiary/aromatic N) is 4. The first-order valence-corrected chi connectivity index (χ1v) is 8.42. The number of fused-ring (bicyclic) bond motifs is 1. The molecule has 4 aromatic rings. The van der Waals surface area contributed by atoms with Gasteiger partial charge in [-0.05, 0) is 29.8 Å². The third-order valence-corrected chi connectivity index (χ3v) is 4.24. The Balaban J connectivity index is 1.77. The summed E-state index contributed by atoms with van der Waals surface area (Å²) in [6, 6.07) is 13.7. The van der Waals surface area contributed by atoms with E-state index in [1.807, 2.05) is 23.1 Å². The molecule has 0 aliphatic rings. The van der Waals surface area contributed by atoms with E-state index in [2.05, 4.69) is 19.9 Å². The number of rotatable bonds is 5. The number of benzene rings is 1. The fraction of sp³-hybridized carbons (Fsp3) is 0.100. The van der Waals surface area contributed by atoms with E-state index in [1.54, 1.807) is 30.6 Å². The van der Waals surface area contributed by atoms with Gasteiger partial charge in [-0.2, -0.15) is 0 Å². The lowest BCUT2D eigenvalue weighted by Gasteiger charge is -2.24. The van der Waals surface area contributed by atoms with Crippen molar-refractivity contribution in [3.05, 3.63) is 94.7 Å². The van der Waals surface area contributed by atoms with Crippen molar-refractivity contribution >= 4 is 16.7 Å². The summed E-state index contributed by atoms with van der Waals surface area (Å²) in [6.45, 7) is 0.860. The quantitative estimate of drug-likeness (QED) is 0.591. The number of pyridine rings is 2. The molecule has 3 heterocycles. The van der Waals surface area contributed by atoms with E-state index in [0.717, 1.165) is 5.69 Å². The summed E-state index contributed by atoms with van der Waals surface area (Å²) in [5, 5.41) is 0.662. The van der Waals surface area contributed by atoms with Crippen LogP contribution < -0.4 is 10.5 Å². The Morgan fingerprint density at radius 2 is 1.93 bits per heavy atom. The summed E-state index contributed by atoms with van der Waals surface area (Å²) in [7, 11) is 0. The molecule has 0 bridgehead atoms. The molecule has 0 aliphatic carbocycles. The van der Waals surface area contributed by atoms with Crippen molar-refractivity contribution in [2.75, 3.05) is 4.90 Å². The van der Waals surface area contributed by atoms with Crippen LogP contribution in [0.15, 0.2) is 72.0 Å². The van der Waals surface area contributed by atoms with E-state index in [-0.39, 0.29) is 11.1 Å². The zero-order valence-electron chi connectivity index (χ0n) is 14.3. The zero-order chi connectivity index (χ0) is 18.6. The molecule has 0 spiro atoms. The van der Waals surface area contributed by atoms with Crippen LogP contribution in [0.5, 0.6) is 0 Å². The summed E-state index contributed by atoms with van der Waals surface area (Å²) < 4.78 is 14.1. The van der Waals surface area contributed by atoms with Gasteiger partial charge in [-0.15, -0.1) is 0 Å². The maximum Gasteiger partial charge on any atom is 0.248 e. The second kappa shape index (κ2) is 7.33. The number of hydrogen-bond donors (Lipinski definition) is 1. The minimum Gasteiger partial charge on any atom is -0.346 e. The van der Waals surface area contributed by atoms with E-state index in [9.17, 15) is 9.18 Å². The molecule has 0 radical (unpaired) electrons. The maximum absolute atomic E-state index is 14.1. The highest BCUT2D eigenvalue weighted by Crippen LogP contribution is 2.22. The zero-order valence-corrected chi connectivity index (χ0v) is 14.3. The molecule has 3 aromatic heterocycles. The van der Waals surface area contributed by atoms with Gasteiger partial charge in [0.2, 0.25) is 5.56 Å². The van der Waals surface area contributed by atoms with Crippen LogP contribution in [0.1, 0.15) is 11.3 Å². The molecule has 0 amide bonds. The molecular weight excluding hydrogens is 345 g/mol. The van der Waals surface area contributed by atoms with Gasteiger partial charge in [0, 0.05) is 30.4 Å². The van der Waals surface area contributed by atoms with Crippen LogP contribution in [0, 0.1) is 5.82 Å². The summed E-state index contributed by atoms with van der Waals surface area (Å²) in [4.78, 5) is 29.2. The number of halogens is 1. The van der Waals surface area contributed by atoms with Gasteiger partial charge < -0.3 is 9.88 Å². The Bertz CT molecular complexity index is 1120. The predicted octanol–water partition coefficient (Wildman–Crippen LogP) is 3.06. The standard InChI is InChI=1S/C20H16FN5O/c21-17-6-3-5-16-14(10-19(27)25-20(16)17)11-26(18-7-9-22-13-24-18)12-15-4-1-2-8-23-15/h1-10,13H,11-12H2,(H,25,27). The number of hydrogen-bond acceptors (Lipinski definition) is 5. The van der Waals surface area contributed by atoms with E-state index in [0.29, 0.717) is 29.9 Å². The molecule has 0 fully saturated rings. The normalized spacial score (nSPS) is 10.9. The first-order valence-electron chi connectivity index (χ1n) is 8.42. The van der Waals surface area contributed by atoms with Crippen LogP contribution in [0.2, 0.25) is 0 Å². The topological polar surface area (TPSA) is 74.8 Å². The monoisotopic (exact) mass is 361 g/mol. The van der Waals surface area contributed by atoms with Crippen molar-refractivity contribution in [2.45, 2.75) is 13.1 Å². The van der Waals surface area contributed by atoms with Crippen molar-refractivity contribution in [1.29, 1.82) is 0 Å². The molecular formula is C20H16FN5O. The Kier molecular flexibility index (Phi) is 4.57. The number of aromatic amines is 1. The Hall–Kier alpha value is -3.61.